The third-order valence-electron chi connectivity index (χ3n) is 3.00. The van der Waals surface area contributed by atoms with Crippen LogP contribution in [0.3, 0.4) is 0 Å². The fraction of sp³-hybridized carbons (Fsp3) is 1.00. The monoisotopic (exact) mass is 230 g/mol. The van der Waals surface area contributed by atoms with Crippen molar-refractivity contribution in [1.82, 2.24) is 0 Å². The summed E-state index contributed by atoms with van der Waals surface area (Å²) < 4.78 is 5.74. The van der Waals surface area contributed by atoms with Crippen molar-refractivity contribution in [3.63, 3.8) is 0 Å². The van der Waals surface area contributed by atoms with Gasteiger partial charge < -0.3 is 9.84 Å². The third kappa shape index (κ3) is 8.12. The van der Waals surface area contributed by atoms with Crippen LogP contribution >= 0.6 is 0 Å². The molecule has 0 heterocycles. The van der Waals surface area contributed by atoms with Crippen molar-refractivity contribution in [3.8, 4) is 0 Å². The second-order valence-corrected chi connectivity index (χ2v) is 4.59. The van der Waals surface area contributed by atoms with Gasteiger partial charge >= 0.3 is 0 Å². The lowest BCUT2D eigenvalue weighted by molar-refractivity contribution is -0.0432. The van der Waals surface area contributed by atoms with Gasteiger partial charge in [0.25, 0.3) is 0 Å². The van der Waals surface area contributed by atoms with Crippen molar-refractivity contribution in [2.75, 3.05) is 6.61 Å². The number of ether oxygens (including phenoxy) is 1. The second-order valence-electron chi connectivity index (χ2n) is 4.59. The van der Waals surface area contributed by atoms with E-state index in [1.54, 1.807) is 0 Å². The van der Waals surface area contributed by atoms with E-state index in [0.29, 0.717) is 0 Å². The number of aliphatic hydroxyl groups excluding tert-OH is 1. The molecule has 0 aromatic rings. The summed E-state index contributed by atoms with van der Waals surface area (Å²) in [5.74, 6) is 0. The Labute approximate surface area is 101 Å². The first kappa shape index (κ1) is 15.9. The van der Waals surface area contributed by atoms with E-state index in [9.17, 15) is 5.11 Å². The Hall–Kier alpha value is -0.0800. The van der Waals surface area contributed by atoms with Gasteiger partial charge in [-0.3, -0.25) is 0 Å². The Bertz CT molecular complexity index is 137. The van der Waals surface area contributed by atoms with Crippen molar-refractivity contribution in [2.45, 2.75) is 84.3 Å². The highest BCUT2D eigenvalue weighted by Crippen LogP contribution is 2.11. The SMILES string of the molecule is CCCCCCCOC(CC)C(O)CCC. The van der Waals surface area contributed by atoms with Crippen molar-refractivity contribution >= 4 is 0 Å². The molecule has 0 fully saturated rings. The summed E-state index contributed by atoms with van der Waals surface area (Å²) in [6, 6.07) is 0. The number of hydrogen-bond acceptors (Lipinski definition) is 2. The minimum atomic E-state index is -0.273. The number of hydrogen-bond donors (Lipinski definition) is 1. The molecule has 2 unspecified atom stereocenters. The zero-order valence-corrected chi connectivity index (χ0v) is 11.4. The van der Waals surface area contributed by atoms with E-state index >= 15 is 0 Å². The fourth-order valence-electron chi connectivity index (χ4n) is 1.92. The average Bonchev–Trinajstić information content (AvgIpc) is 2.28. The molecule has 0 aliphatic heterocycles. The molecule has 2 atom stereocenters. The van der Waals surface area contributed by atoms with Gasteiger partial charge in [-0.15, -0.1) is 0 Å². The summed E-state index contributed by atoms with van der Waals surface area (Å²) in [7, 11) is 0. The molecule has 2 nitrogen and oxygen atoms in total. The first-order valence-electron chi connectivity index (χ1n) is 7.05. The highest BCUT2D eigenvalue weighted by molar-refractivity contribution is 4.66. The van der Waals surface area contributed by atoms with E-state index in [0.717, 1.165) is 32.3 Å². The summed E-state index contributed by atoms with van der Waals surface area (Å²) in [5, 5.41) is 9.82. The van der Waals surface area contributed by atoms with Gasteiger partial charge in [0, 0.05) is 6.61 Å². The zero-order valence-electron chi connectivity index (χ0n) is 11.4. The summed E-state index contributed by atoms with van der Waals surface area (Å²) >= 11 is 0. The molecule has 0 saturated heterocycles. The van der Waals surface area contributed by atoms with Crippen LogP contribution in [0.5, 0.6) is 0 Å². The molecule has 0 radical (unpaired) electrons. The van der Waals surface area contributed by atoms with E-state index in [2.05, 4.69) is 20.8 Å². The van der Waals surface area contributed by atoms with Gasteiger partial charge in [-0.2, -0.15) is 0 Å². The average molecular weight is 230 g/mol. The minimum absolute atomic E-state index is 0.0473. The molecule has 2 heteroatoms. The predicted octanol–water partition coefficient (Wildman–Crippen LogP) is 3.91. The first-order chi connectivity index (χ1) is 7.76. The van der Waals surface area contributed by atoms with Crippen molar-refractivity contribution < 1.29 is 9.84 Å². The van der Waals surface area contributed by atoms with Crippen LogP contribution in [0.15, 0.2) is 0 Å². The Morgan fingerprint density at radius 2 is 1.62 bits per heavy atom. The lowest BCUT2D eigenvalue weighted by atomic mass is 10.1. The van der Waals surface area contributed by atoms with Crippen LogP contribution in [0.25, 0.3) is 0 Å². The Kier molecular flexibility index (Phi) is 11.3. The van der Waals surface area contributed by atoms with E-state index in [1.807, 2.05) is 0 Å². The van der Waals surface area contributed by atoms with E-state index < -0.39 is 0 Å². The molecule has 0 aliphatic carbocycles. The molecule has 0 rings (SSSR count). The largest absolute Gasteiger partial charge is 0.390 e. The number of unbranched alkanes of at least 4 members (excludes halogenated alkanes) is 4. The molecule has 0 aliphatic rings. The van der Waals surface area contributed by atoms with Gasteiger partial charge in [-0.1, -0.05) is 52.9 Å². The zero-order chi connectivity index (χ0) is 12.2. The molecular weight excluding hydrogens is 200 g/mol. The molecule has 0 saturated carbocycles. The van der Waals surface area contributed by atoms with Crippen LogP contribution in [0.2, 0.25) is 0 Å². The summed E-state index contributed by atoms with van der Waals surface area (Å²) in [6.07, 6.45) is 8.89. The smallest absolute Gasteiger partial charge is 0.0831 e. The summed E-state index contributed by atoms with van der Waals surface area (Å²) in [5.41, 5.74) is 0. The molecule has 0 aromatic carbocycles. The lowest BCUT2D eigenvalue weighted by Crippen LogP contribution is -2.28. The van der Waals surface area contributed by atoms with Crippen LogP contribution < -0.4 is 0 Å². The highest BCUT2D eigenvalue weighted by Gasteiger charge is 2.16. The molecule has 1 N–H and O–H groups in total. The third-order valence-corrected chi connectivity index (χ3v) is 3.00. The van der Waals surface area contributed by atoms with Crippen LogP contribution in [0.4, 0.5) is 0 Å². The van der Waals surface area contributed by atoms with Gasteiger partial charge in [0.05, 0.1) is 12.2 Å². The summed E-state index contributed by atoms with van der Waals surface area (Å²) in [4.78, 5) is 0. The number of rotatable bonds is 11. The van der Waals surface area contributed by atoms with Gasteiger partial charge in [-0.05, 0) is 19.3 Å². The maximum atomic E-state index is 9.82. The Morgan fingerprint density at radius 3 is 2.19 bits per heavy atom. The van der Waals surface area contributed by atoms with Gasteiger partial charge in [0.15, 0.2) is 0 Å². The topological polar surface area (TPSA) is 29.5 Å². The molecule has 0 bridgehead atoms. The first-order valence-corrected chi connectivity index (χ1v) is 7.05. The minimum Gasteiger partial charge on any atom is -0.390 e. The molecular formula is C14H30O2. The predicted molar refractivity (Wildman–Crippen MR) is 69.7 cm³/mol. The van der Waals surface area contributed by atoms with Crippen LogP contribution in [0.1, 0.15) is 72.1 Å². The maximum Gasteiger partial charge on any atom is 0.0831 e. The molecule has 16 heavy (non-hydrogen) atoms. The van der Waals surface area contributed by atoms with E-state index in [1.165, 1.54) is 25.7 Å². The molecule has 0 aromatic heterocycles. The van der Waals surface area contributed by atoms with Crippen LogP contribution in [0, 0.1) is 0 Å². The standard InChI is InChI=1S/C14H30O2/c1-4-7-8-9-10-12-16-14(6-3)13(15)11-5-2/h13-15H,4-12H2,1-3H3. The second kappa shape index (κ2) is 11.4. The van der Waals surface area contributed by atoms with Gasteiger partial charge in [0.2, 0.25) is 0 Å². The summed E-state index contributed by atoms with van der Waals surface area (Å²) in [6.45, 7) is 7.22. The van der Waals surface area contributed by atoms with Crippen molar-refractivity contribution in [1.29, 1.82) is 0 Å². The lowest BCUT2D eigenvalue weighted by Gasteiger charge is -2.21. The van der Waals surface area contributed by atoms with Crippen LogP contribution in [-0.4, -0.2) is 23.9 Å². The normalized spacial score (nSPS) is 15.0. The Morgan fingerprint density at radius 1 is 0.938 bits per heavy atom. The molecule has 0 amide bonds. The molecule has 98 valence electrons. The molecule has 0 spiro atoms. The van der Waals surface area contributed by atoms with Gasteiger partial charge in [0.1, 0.15) is 0 Å². The maximum absolute atomic E-state index is 9.82. The van der Waals surface area contributed by atoms with E-state index in [4.69, 9.17) is 4.74 Å². The Balaban J connectivity index is 3.47. The van der Waals surface area contributed by atoms with Crippen molar-refractivity contribution in [3.05, 3.63) is 0 Å². The van der Waals surface area contributed by atoms with Gasteiger partial charge in [-0.25, -0.2) is 0 Å². The van der Waals surface area contributed by atoms with Crippen molar-refractivity contribution in [2.24, 2.45) is 0 Å². The van der Waals surface area contributed by atoms with E-state index in [-0.39, 0.29) is 12.2 Å². The number of aliphatic hydroxyl groups is 1. The van der Waals surface area contributed by atoms with Crippen LogP contribution in [-0.2, 0) is 4.74 Å². The highest BCUT2D eigenvalue weighted by atomic mass is 16.5. The fourth-order valence-corrected chi connectivity index (χ4v) is 1.92. The quantitative estimate of drug-likeness (QED) is 0.545.